The number of nitrogens with zero attached hydrogens (tertiary/aromatic N) is 3. The van der Waals surface area contributed by atoms with Crippen LogP contribution < -0.4 is 5.32 Å². The van der Waals surface area contributed by atoms with Gasteiger partial charge in [0.2, 0.25) is 5.89 Å². The maximum Gasteiger partial charge on any atom is 0.208 e. The number of aromatic nitrogens is 3. The van der Waals surface area contributed by atoms with E-state index >= 15 is 0 Å². The molecule has 5 nitrogen and oxygen atoms in total. The molecular weight excluding hydrogens is 228 g/mol. The van der Waals surface area contributed by atoms with Gasteiger partial charge in [-0.1, -0.05) is 6.92 Å². The number of oxazole rings is 1. The van der Waals surface area contributed by atoms with Crippen LogP contribution in [0.3, 0.4) is 0 Å². The Balaban J connectivity index is 1.80. The third kappa shape index (κ3) is 3.20. The molecule has 0 unspecified atom stereocenters. The minimum atomic E-state index is 0.401. The predicted molar refractivity (Wildman–Crippen MR) is 69.0 cm³/mol. The normalized spacial score (nSPS) is 11.3. The predicted octanol–water partition coefficient (Wildman–Crippen LogP) is 2.30. The zero-order chi connectivity index (χ0) is 13.0. The maximum absolute atomic E-state index is 5.51. The van der Waals surface area contributed by atoms with E-state index < -0.39 is 0 Å². The summed E-state index contributed by atoms with van der Waals surface area (Å²) in [6.07, 6.45) is 4.66. The highest BCUT2D eigenvalue weighted by atomic mass is 16.4. The number of nitrogens with one attached hydrogen (secondary N) is 1. The smallest absolute Gasteiger partial charge is 0.208 e. The lowest BCUT2D eigenvalue weighted by Crippen LogP contribution is -2.14. The summed E-state index contributed by atoms with van der Waals surface area (Å²) in [7, 11) is 0. The summed E-state index contributed by atoms with van der Waals surface area (Å²) in [5.41, 5.74) is 1.03. The molecule has 0 radical (unpaired) electrons. The summed E-state index contributed by atoms with van der Waals surface area (Å²) < 4.78 is 7.47. The van der Waals surface area contributed by atoms with E-state index in [1.807, 2.05) is 16.9 Å². The lowest BCUT2D eigenvalue weighted by atomic mass is 10.4. The van der Waals surface area contributed by atoms with E-state index in [-0.39, 0.29) is 0 Å². The zero-order valence-electron chi connectivity index (χ0n) is 11.2. The second-order valence-corrected chi connectivity index (χ2v) is 4.56. The average Bonchev–Trinajstić information content (AvgIpc) is 2.97. The van der Waals surface area contributed by atoms with Gasteiger partial charge in [0.1, 0.15) is 5.76 Å². The van der Waals surface area contributed by atoms with Crippen molar-refractivity contribution in [2.75, 3.05) is 0 Å². The topological polar surface area (TPSA) is 55.9 Å². The van der Waals surface area contributed by atoms with Gasteiger partial charge in [-0.3, -0.25) is 4.68 Å². The van der Waals surface area contributed by atoms with Crippen molar-refractivity contribution in [1.29, 1.82) is 0 Å². The molecule has 0 fully saturated rings. The first-order chi connectivity index (χ1) is 8.69. The molecular formula is C13H20N4O. The molecule has 0 atom stereocenters. The van der Waals surface area contributed by atoms with E-state index in [4.69, 9.17) is 4.42 Å². The van der Waals surface area contributed by atoms with Gasteiger partial charge in [-0.05, 0) is 19.9 Å². The molecule has 2 heterocycles. The lowest BCUT2D eigenvalue weighted by Gasteiger charge is -2.04. The highest BCUT2D eigenvalue weighted by molar-refractivity contribution is 4.99. The highest BCUT2D eigenvalue weighted by Crippen LogP contribution is 2.06. The second kappa shape index (κ2) is 5.82. The van der Waals surface area contributed by atoms with Gasteiger partial charge >= 0.3 is 0 Å². The fourth-order valence-electron chi connectivity index (χ4n) is 1.65. The molecule has 2 rings (SSSR count). The Kier molecular flexibility index (Phi) is 4.15. The molecule has 1 N–H and O–H groups in total. The molecule has 5 heteroatoms. The monoisotopic (exact) mass is 248 g/mol. The maximum atomic E-state index is 5.51. The first-order valence-corrected chi connectivity index (χ1v) is 6.37. The van der Waals surface area contributed by atoms with Crippen molar-refractivity contribution in [3.8, 4) is 0 Å². The summed E-state index contributed by atoms with van der Waals surface area (Å²) in [5.74, 6) is 1.66. The quantitative estimate of drug-likeness (QED) is 0.852. The summed E-state index contributed by atoms with van der Waals surface area (Å²) in [6.45, 7) is 7.64. The van der Waals surface area contributed by atoms with Gasteiger partial charge in [-0.15, -0.1) is 0 Å². The van der Waals surface area contributed by atoms with Gasteiger partial charge in [0.25, 0.3) is 0 Å². The molecule has 0 aliphatic rings. The van der Waals surface area contributed by atoms with Crippen molar-refractivity contribution in [1.82, 2.24) is 20.1 Å². The molecule has 0 aliphatic carbocycles. The summed E-state index contributed by atoms with van der Waals surface area (Å²) in [6, 6.07) is 2.43. The van der Waals surface area contributed by atoms with Crippen LogP contribution in [0, 0.1) is 0 Å². The van der Waals surface area contributed by atoms with E-state index in [1.165, 1.54) is 0 Å². The molecule has 0 aliphatic heterocycles. The standard InChI is InChI=1S/C13H20N4O/c1-4-12-8-15-13(18-12)9-14-7-11-5-6-17(16-11)10(2)3/h5-6,8,10,14H,4,7,9H2,1-3H3. The van der Waals surface area contributed by atoms with Crippen LogP contribution in [-0.4, -0.2) is 14.8 Å². The Morgan fingerprint density at radius 1 is 1.39 bits per heavy atom. The van der Waals surface area contributed by atoms with Gasteiger partial charge in [-0.2, -0.15) is 5.10 Å². The summed E-state index contributed by atoms with van der Waals surface area (Å²) in [4.78, 5) is 4.20. The molecule has 0 bridgehead atoms. The van der Waals surface area contributed by atoms with Crippen molar-refractivity contribution in [3.63, 3.8) is 0 Å². The fraction of sp³-hybridized carbons (Fsp3) is 0.538. The van der Waals surface area contributed by atoms with Crippen LogP contribution in [0.25, 0.3) is 0 Å². The van der Waals surface area contributed by atoms with Gasteiger partial charge in [0.15, 0.2) is 0 Å². The lowest BCUT2D eigenvalue weighted by molar-refractivity contribution is 0.437. The summed E-state index contributed by atoms with van der Waals surface area (Å²) in [5, 5.41) is 7.74. The minimum absolute atomic E-state index is 0.401. The molecule has 0 spiro atoms. The van der Waals surface area contributed by atoms with E-state index in [1.54, 1.807) is 6.20 Å². The molecule has 0 saturated heterocycles. The molecule has 0 aromatic carbocycles. The molecule has 98 valence electrons. The Morgan fingerprint density at radius 3 is 2.83 bits per heavy atom. The van der Waals surface area contributed by atoms with Gasteiger partial charge in [0.05, 0.1) is 18.4 Å². The Bertz CT molecular complexity index is 487. The van der Waals surface area contributed by atoms with E-state index in [0.29, 0.717) is 12.6 Å². The molecule has 2 aromatic rings. The Labute approximate surface area is 107 Å². The van der Waals surface area contributed by atoms with Crippen LogP contribution in [0.4, 0.5) is 0 Å². The van der Waals surface area contributed by atoms with Gasteiger partial charge in [0, 0.05) is 25.2 Å². The van der Waals surface area contributed by atoms with Crippen LogP contribution in [0.5, 0.6) is 0 Å². The first kappa shape index (κ1) is 12.8. The van der Waals surface area contributed by atoms with Crippen molar-refractivity contribution in [2.24, 2.45) is 0 Å². The fourth-order valence-corrected chi connectivity index (χ4v) is 1.65. The van der Waals surface area contributed by atoms with Gasteiger partial charge in [-0.25, -0.2) is 4.98 Å². The van der Waals surface area contributed by atoms with Crippen LogP contribution in [-0.2, 0) is 19.5 Å². The number of hydrogen-bond acceptors (Lipinski definition) is 4. The highest BCUT2D eigenvalue weighted by Gasteiger charge is 2.04. The third-order valence-corrected chi connectivity index (χ3v) is 2.72. The van der Waals surface area contributed by atoms with Crippen LogP contribution in [0.1, 0.15) is 44.2 Å². The number of aryl methyl sites for hydroxylation is 1. The van der Waals surface area contributed by atoms with E-state index in [0.717, 1.165) is 30.3 Å². The van der Waals surface area contributed by atoms with Crippen LogP contribution in [0.15, 0.2) is 22.9 Å². The van der Waals surface area contributed by atoms with Crippen molar-refractivity contribution in [2.45, 2.75) is 46.3 Å². The minimum Gasteiger partial charge on any atom is -0.444 e. The average molecular weight is 248 g/mol. The van der Waals surface area contributed by atoms with Crippen molar-refractivity contribution >= 4 is 0 Å². The van der Waals surface area contributed by atoms with E-state index in [2.05, 4.69) is 36.2 Å². The summed E-state index contributed by atoms with van der Waals surface area (Å²) >= 11 is 0. The first-order valence-electron chi connectivity index (χ1n) is 6.37. The molecule has 2 aromatic heterocycles. The zero-order valence-corrected chi connectivity index (χ0v) is 11.2. The van der Waals surface area contributed by atoms with Crippen molar-refractivity contribution in [3.05, 3.63) is 35.8 Å². The Morgan fingerprint density at radius 2 is 2.22 bits per heavy atom. The number of rotatable bonds is 6. The van der Waals surface area contributed by atoms with Crippen LogP contribution >= 0.6 is 0 Å². The largest absolute Gasteiger partial charge is 0.444 e. The Hall–Kier alpha value is -1.62. The molecule has 0 amide bonds. The number of hydrogen-bond donors (Lipinski definition) is 1. The second-order valence-electron chi connectivity index (χ2n) is 4.56. The third-order valence-electron chi connectivity index (χ3n) is 2.72. The SMILES string of the molecule is CCc1cnc(CNCc2ccn(C(C)C)n2)o1. The molecule has 18 heavy (non-hydrogen) atoms. The molecule has 0 saturated carbocycles. The van der Waals surface area contributed by atoms with Crippen molar-refractivity contribution < 1.29 is 4.42 Å². The van der Waals surface area contributed by atoms with Gasteiger partial charge < -0.3 is 9.73 Å². The van der Waals surface area contributed by atoms with E-state index in [9.17, 15) is 0 Å². The van der Waals surface area contributed by atoms with Crippen LogP contribution in [0.2, 0.25) is 0 Å².